The van der Waals surface area contributed by atoms with Crippen LogP contribution in [0.15, 0.2) is 53.0 Å². The maximum atomic E-state index is 6.30. The lowest BCUT2D eigenvalue weighted by Crippen LogP contribution is -2.26. The number of rotatable bonds is 4. The summed E-state index contributed by atoms with van der Waals surface area (Å²) in [7, 11) is 2.05. The van der Waals surface area contributed by atoms with Gasteiger partial charge in [0.1, 0.15) is 5.82 Å². The van der Waals surface area contributed by atoms with Crippen molar-refractivity contribution < 1.29 is 0 Å². The number of aryl methyl sites for hydroxylation is 1. The van der Waals surface area contributed by atoms with E-state index in [1.54, 1.807) is 0 Å². The summed E-state index contributed by atoms with van der Waals surface area (Å²) < 4.78 is 3.23. The zero-order valence-electron chi connectivity index (χ0n) is 12.0. The molecule has 0 aliphatic rings. The molecule has 0 amide bonds. The van der Waals surface area contributed by atoms with Gasteiger partial charge in [0.2, 0.25) is 0 Å². The molecular weight excluding hydrogens is 326 g/mol. The van der Waals surface area contributed by atoms with E-state index in [2.05, 4.69) is 62.9 Å². The molecule has 1 atom stereocenters. The Morgan fingerprint density at radius 3 is 2.52 bits per heavy atom. The number of halogens is 1. The van der Waals surface area contributed by atoms with E-state index in [1.165, 1.54) is 5.56 Å². The van der Waals surface area contributed by atoms with E-state index in [-0.39, 0.29) is 6.04 Å². The van der Waals surface area contributed by atoms with Crippen molar-refractivity contribution in [2.24, 2.45) is 12.8 Å². The Morgan fingerprint density at radius 2 is 1.81 bits per heavy atom. The third-order valence-electron chi connectivity index (χ3n) is 3.74. The van der Waals surface area contributed by atoms with Crippen molar-refractivity contribution in [1.82, 2.24) is 9.55 Å². The van der Waals surface area contributed by atoms with Gasteiger partial charge in [-0.15, -0.1) is 0 Å². The van der Waals surface area contributed by atoms with Crippen molar-refractivity contribution in [3.63, 3.8) is 0 Å². The summed E-state index contributed by atoms with van der Waals surface area (Å²) in [6.07, 6.45) is 1.64. The van der Waals surface area contributed by atoms with Gasteiger partial charge in [-0.1, -0.05) is 40.2 Å². The van der Waals surface area contributed by atoms with Gasteiger partial charge in [-0.05, 0) is 36.2 Å². The second-order valence-corrected chi connectivity index (χ2v) is 6.29. The molecule has 3 aromatic rings. The van der Waals surface area contributed by atoms with Crippen LogP contribution in [0.5, 0.6) is 0 Å². The third-order valence-corrected chi connectivity index (χ3v) is 4.26. The number of nitrogens with two attached hydrogens (primary N) is 1. The minimum Gasteiger partial charge on any atom is -0.331 e. The summed E-state index contributed by atoms with van der Waals surface area (Å²) in [5, 5.41) is 0. The number of hydrogen-bond acceptors (Lipinski definition) is 2. The lowest BCUT2D eigenvalue weighted by molar-refractivity contribution is 0.626. The van der Waals surface area contributed by atoms with Crippen LogP contribution in [0.4, 0.5) is 0 Å². The number of benzene rings is 2. The van der Waals surface area contributed by atoms with E-state index in [9.17, 15) is 0 Å². The second-order valence-electron chi connectivity index (χ2n) is 5.37. The largest absolute Gasteiger partial charge is 0.331 e. The Hall–Kier alpha value is -1.65. The lowest BCUT2D eigenvalue weighted by atomic mass is 10.0. The van der Waals surface area contributed by atoms with Gasteiger partial charge < -0.3 is 10.3 Å². The topological polar surface area (TPSA) is 43.8 Å². The molecule has 4 heteroatoms. The first-order chi connectivity index (χ1) is 10.1. The van der Waals surface area contributed by atoms with Gasteiger partial charge >= 0.3 is 0 Å². The van der Waals surface area contributed by atoms with Gasteiger partial charge in [0.25, 0.3) is 0 Å². The quantitative estimate of drug-likeness (QED) is 0.788. The smallest absolute Gasteiger partial charge is 0.111 e. The van der Waals surface area contributed by atoms with E-state index < -0.39 is 0 Å². The number of hydrogen-bond donors (Lipinski definition) is 1. The highest BCUT2D eigenvalue weighted by molar-refractivity contribution is 9.10. The maximum Gasteiger partial charge on any atom is 0.111 e. The normalized spacial score (nSPS) is 12.7. The van der Waals surface area contributed by atoms with Crippen molar-refractivity contribution in [3.8, 4) is 0 Å². The maximum absolute atomic E-state index is 6.30. The van der Waals surface area contributed by atoms with Crippen LogP contribution < -0.4 is 5.73 Å². The van der Waals surface area contributed by atoms with Crippen molar-refractivity contribution >= 4 is 27.0 Å². The molecule has 3 nitrogen and oxygen atoms in total. The van der Waals surface area contributed by atoms with Gasteiger partial charge in [0, 0.05) is 24.0 Å². The summed E-state index contributed by atoms with van der Waals surface area (Å²) in [5.41, 5.74) is 9.74. The fourth-order valence-corrected chi connectivity index (χ4v) is 2.87. The molecule has 0 spiro atoms. The molecule has 0 fully saturated rings. The highest BCUT2D eigenvalue weighted by atomic mass is 79.9. The number of aromatic nitrogens is 2. The first-order valence-corrected chi connectivity index (χ1v) is 7.83. The molecule has 1 aromatic heterocycles. The summed E-state index contributed by atoms with van der Waals surface area (Å²) >= 11 is 3.45. The van der Waals surface area contributed by atoms with Gasteiger partial charge in [0.05, 0.1) is 11.0 Å². The fourth-order valence-electron chi connectivity index (χ4n) is 2.61. The fraction of sp³-hybridized carbons (Fsp3) is 0.235. The van der Waals surface area contributed by atoms with Crippen LogP contribution >= 0.6 is 15.9 Å². The first-order valence-electron chi connectivity index (χ1n) is 7.04. The highest BCUT2D eigenvalue weighted by Gasteiger charge is 2.12. The van der Waals surface area contributed by atoms with Crippen LogP contribution in [-0.4, -0.2) is 15.6 Å². The van der Waals surface area contributed by atoms with Gasteiger partial charge in [-0.3, -0.25) is 0 Å². The van der Waals surface area contributed by atoms with E-state index in [0.717, 1.165) is 34.2 Å². The summed E-state index contributed by atoms with van der Waals surface area (Å²) in [6, 6.07) is 16.6. The summed E-state index contributed by atoms with van der Waals surface area (Å²) in [4.78, 5) is 4.68. The van der Waals surface area contributed by atoms with Gasteiger partial charge in [-0.25, -0.2) is 4.98 Å². The number of imidazole rings is 1. The van der Waals surface area contributed by atoms with E-state index in [1.807, 2.05) is 18.2 Å². The molecule has 108 valence electrons. The molecule has 0 radical (unpaired) electrons. The average Bonchev–Trinajstić information content (AvgIpc) is 2.78. The highest BCUT2D eigenvalue weighted by Crippen LogP contribution is 2.16. The molecule has 0 saturated carbocycles. The number of nitrogens with zero attached hydrogens (tertiary/aromatic N) is 2. The molecule has 1 heterocycles. The molecule has 0 saturated heterocycles. The van der Waals surface area contributed by atoms with Crippen molar-refractivity contribution in [2.45, 2.75) is 18.9 Å². The molecule has 0 bridgehead atoms. The summed E-state index contributed by atoms with van der Waals surface area (Å²) in [5.74, 6) is 1.04. The van der Waals surface area contributed by atoms with Crippen molar-refractivity contribution in [3.05, 3.63) is 64.4 Å². The van der Waals surface area contributed by atoms with Crippen LogP contribution in [0.3, 0.4) is 0 Å². The Labute approximate surface area is 132 Å². The molecule has 2 aromatic carbocycles. The Kier molecular flexibility index (Phi) is 4.08. The van der Waals surface area contributed by atoms with Gasteiger partial charge in [-0.2, -0.15) is 0 Å². The molecular formula is C17H18BrN3. The molecule has 0 aliphatic heterocycles. The Morgan fingerprint density at radius 1 is 1.10 bits per heavy atom. The van der Waals surface area contributed by atoms with Crippen LogP contribution in [0.1, 0.15) is 11.4 Å². The van der Waals surface area contributed by atoms with Gasteiger partial charge in [0.15, 0.2) is 0 Å². The predicted molar refractivity (Wildman–Crippen MR) is 90.2 cm³/mol. The standard InChI is InChI=1S/C17H18BrN3/c1-21-16-5-3-2-4-15(16)20-17(21)11-14(19)10-12-6-8-13(18)9-7-12/h2-9,14H,10-11,19H2,1H3. The van der Waals surface area contributed by atoms with E-state index >= 15 is 0 Å². The van der Waals surface area contributed by atoms with Crippen molar-refractivity contribution in [1.29, 1.82) is 0 Å². The van der Waals surface area contributed by atoms with E-state index in [0.29, 0.717) is 0 Å². The Bertz CT molecular complexity index is 746. The lowest BCUT2D eigenvalue weighted by Gasteiger charge is -2.11. The molecule has 1 unspecified atom stereocenters. The van der Waals surface area contributed by atoms with Crippen LogP contribution in [0, 0.1) is 0 Å². The Balaban J connectivity index is 1.75. The molecule has 3 rings (SSSR count). The monoisotopic (exact) mass is 343 g/mol. The average molecular weight is 344 g/mol. The molecule has 2 N–H and O–H groups in total. The zero-order valence-corrected chi connectivity index (χ0v) is 13.5. The minimum absolute atomic E-state index is 0.0710. The molecule has 21 heavy (non-hydrogen) atoms. The van der Waals surface area contributed by atoms with Crippen molar-refractivity contribution in [2.75, 3.05) is 0 Å². The molecule has 0 aliphatic carbocycles. The summed E-state index contributed by atoms with van der Waals surface area (Å²) in [6.45, 7) is 0. The second kappa shape index (κ2) is 6.00. The minimum atomic E-state index is 0.0710. The van der Waals surface area contributed by atoms with E-state index in [4.69, 9.17) is 5.73 Å². The van der Waals surface area contributed by atoms with Crippen LogP contribution in [-0.2, 0) is 19.9 Å². The number of fused-ring (bicyclic) bond motifs is 1. The van der Waals surface area contributed by atoms with Crippen LogP contribution in [0.25, 0.3) is 11.0 Å². The number of para-hydroxylation sites is 2. The van der Waals surface area contributed by atoms with Crippen LogP contribution in [0.2, 0.25) is 0 Å². The predicted octanol–water partition coefficient (Wildman–Crippen LogP) is 3.45. The SMILES string of the molecule is Cn1c(CC(N)Cc2ccc(Br)cc2)nc2ccccc21. The third kappa shape index (κ3) is 3.17. The first kappa shape index (κ1) is 14.3. The zero-order chi connectivity index (χ0) is 14.8.